The van der Waals surface area contributed by atoms with Gasteiger partial charge in [-0.2, -0.15) is 4.31 Å². The molecule has 1 unspecified atom stereocenters. The van der Waals surface area contributed by atoms with Crippen LogP contribution in [-0.4, -0.2) is 48.8 Å². The summed E-state index contributed by atoms with van der Waals surface area (Å²) in [7, 11) is -4.06. The second-order valence-corrected chi connectivity index (χ2v) is 8.67. The lowest BCUT2D eigenvalue weighted by Crippen LogP contribution is -2.46. The quantitative estimate of drug-likeness (QED) is 0.682. The van der Waals surface area contributed by atoms with Crippen LogP contribution in [0.5, 0.6) is 0 Å². The van der Waals surface area contributed by atoms with Crippen LogP contribution in [0.4, 0.5) is 0 Å². The van der Waals surface area contributed by atoms with Crippen molar-refractivity contribution in [3.05, 3.63) is 29.5 Å². The zero-order valence-corrected chi connectivity index (χ0v) is 15.8. The number of nitrogens with zero attached hydrogens (tertiary/aromatic N) is 1. The van der Waals surface area contributed by atoms with E-state index in [4.69, 9.17) is 9.52 Å². The van der Waals surface area contributed by atoms with Gasteiger partial charge < -0.3 is 14.8 Å². The first kappa shape index (κ1) is 19.6. The van der Waals surface area contributed by atoms with Gasteiger partial charge in [0.25, 0.3) is 10.0 Å². The molecule has 1 fully saturated rings. The molecule has 8 nitrogen and oxygen atoms in total. The molecule has 9 heteroatoms. The Morgan fingerprint density at radius 2 is 2.07 bits per heavy atom. The van der Waals surface area contributed by atoms with E-state index in [9.17, 15) is 18.0 Å². The predicted molar refractivity (Wildman–Crippen MR) is 96.8 cm³/mol. The largest absolute Gasteiger partial charge is 0.475 e. The summed E-state index contributed by atoms with van der Waals surface area (Å²) in [6.45, 7) is 0.688. The Labute approximate surface area is 158 Å². The number of allylic oxidation sites excluding steroid dienone is 1. The first-order chi connectivity index (χ1) is 12.9. The first-order valence-electron chi connectivity index (χ1n) is 9.20. The Hall–Kier alpha value is -2.13. The van der Waals surface area contributed by atoms with Gasteiger partial charge in [-0.25, -0.2) is 13.2 Å². The van der Waals surface area contributed by atoms with Gasteiger partial charge in [0.1, 0.15) is 6.04 Å². The number of carboxylic acid groups (broad SMARTS) is 1. The van der Waals surface area contributed by atoms with Crippen molar-refractivity contribution in [3.8, 4) is 0 Å². The van der Waals surface area contributed by atoms with Gasteiger partial charge in [-0.1, -0.05) is 11.6 Å². The molecule has 2 N–H and O–H groups in total. The predicted octanol–water partition coefficient (Wildman–Crippen LogP) is 2.14. The highest BCUT2D eigenvalue weighted by Gasteiger charge is 2.41. The molecule has 0 bridgehead atoms. The maximum atomic E-state index is 12.8. The molecule has 27 heavy (non-hydrogen) atoms. The maximum Gasteiger partial charge on any atom is 0.371 e. The van der Waals surface area contributed by atoms with E-state index >= 15 is 0 Å². The molecule has 1 amide bonds. The Bertz CT molecular complexity index is 842. The van der Waals surface area contributed by atoms with Crippen LogP contribution in [0.2, 0.25) is 0 Å². The number of hydrogen-bond donors (Lipinski definition) is 2. The van der Waals surface area contributed by atoms with Crippen molar-refractivity contribution in [2.75, 3.05) is 13.1 Å². The zero-order valence-electron chi connectivity index (χ0n) is 15.0. The number of carboxylic acids is 1. The second-order valence-electron chi connectivity index (χ2n) is 6.85. The van der Waals surface area contributed by atoms with Gasteiger partial charge in [0.2, 0.25) is 16.8 Å². The smallest absolute Gasteiger partial charge is 0.371 e. The third-order valence-corrected chi connectivity index (χ3v) is 6.77. The fourth-order valence-electron chi connectivity index (χ4n) is 3.57. The molecule has 1 aromatic heterocycles. The van der Waals surface area contributed by atoms with Crippen molar-refractivity contribution in [1.29, 1.82) is 0 Å². The molecule has 2 aliphatic rings. The fourth-order valence-corrected chi connectivity index (χ4v) is 5.15. The Kier molecular flexibility index (Phi) is 6.01. The van der Waals surface area contributed by atoms with Gasteiger partial charge in [-0.15, -0.1) is 0 Å². The normalized spacial score (nSPS) is 21.0. The third-order valence-electron chi connectivity index (χ3n) is 4.99. The molecule has 3 rings (SSSR count). The lowest BCUT2D eigenvalue weighted by atomic mass is 9.97. The Balaban J connectivity index is 1.63. The molecule has 0 aromatic carbocycles. The van der Waals surface area contributed by atoms with Crippen LogP contribution in [0, 0.1) is 0 Å². The number of rotatable bonds is 7. The van der Waals surface area contributed by atoms with Gasteiger partial charge in [-0.05, 0) is 57.1 Å². The Morgan fingerprint density at radius 3 is 2.74 bits per heavy atom. The summed E-state index contributed by atoms with van der Waals surface area (Å²) in [6.07, 6.45) is 8.53. The van der Waals surface area contributed by atoms with Crippen LogP contribution >= 0.6 is 0 Å². The van der Waals surface area contributed by atoms with Gasteiger partial charge in [-0.3, -0.25) is 4.79 Å². The molecule has 1 aliphatic carbocycles. The molecule has 1 saturated heterocycles. The van der Waals surface area contributed by atoms with Crippen LogP contribution in [-0.2, 0) is 14.8 Å². The van der Waals surface area contributed by atoms with Crippen molar-refractivity contribution in [3.63, 3.8) is 0 Å². The van der Waals surface area contributed by atoms with Gasteiger partial charge in [0.05, 0.1) is 0 Å². The average molecular weight is 396 g/mol. The average Bonchev–Trinajstić information content (AvgIpc) is 3.33. The summed E-state index contributed by atoms with van der Waals surface area (Å²) in [5.74, 6) is -2.11. The van der Waals surface area contributed by atoms with Crippen LogP contribution < -0.4 is 5.32 Å². The van der Waals surface area contributed by atoms with Crippen LogP contribution in [0.1, 0.15) is 55.5 Å². The highest BCUT2D eigenvalue weighted by molar-refractivity contribution is 7.89. The molecule has 1 atom stereocenters. The van der Waals surface area contributed by atoms with Crippen molar-refractivity contribution in [2.45, 2.75) is 56.1 Å². The number of aromatic carboxylic acids is 1. The van der Waals surface area contributed by atoms with Crippen molar-refractivity contribution >= 4 is 21.9 Å². The number of hydrogen-bond acceptors (Lipinski definition) is 5. The Morgan fingerprint density at radius 1 is 1.26 bits per heavy atom. The minimum Gasteiger partial charge on any atom is -0.475 e. The number of sulfonamides is 1. The molecular formula is C18H24N2O6S. The van der Waals surface area contributed by atoms with Crippen molar-refractivity contribution < 1.29 is 27.5 Å². The standard InChI is InChI=1S/C18H24N2O6S/c21-17(19-11-10-13-5-2-1-3-6-13)14-7-4-12-20(14)27(24,25)16-9-8-15(26-16)18(22)23/h5,8-9,14H,1-4,6-7,10-12H2,(H,19,21)(H,22,23). The van der Waals surface area contributed by atoms with E-state index in [0.717, 1.165) is 35.7 Å². The molecule has 1 aliphatic heterocycles. The van der Waals surface area contributed by atoms with E-state index in [2.05, 4.69) is 11.4 Å². The summed E-state index contributed by atoms with van der Waals surface area (Å²) in [4.78, 5) is 23.4. The van der Waals surface area contributed by atoms with E-state index in [1.807, 2.05) is 0 Å². The van der Waals surface area contributed by atoms with Crippen LogP contribution in [0.3, 0.4) is 0 Å². The van der Waals surface area contributed by atoms with Crippen molar-refractivity contribution in [1.82, 2.24) is 9.62 Å². The number of carbonyl (C=O) groups is 2. The van der Waals surface area contributed by atoms with E-state index in [1.165, 1.54) is 18.4 Å². The molecule has 148 valence electrons. The number of nitrogens with one attached hydrogen (secondary N) is 1. The second kappa shape index (κ2) is 8.26. The summed E-state index contributed by atoms with van der Waals surface area (Å²) >= 11 is 0. The monoisotopic (exact) mass is 396 g/mol. The minimum absolute atomic E-state index is 0.203. The summed E-state index contributed by atoms with van der Waals surface area (Å²) in [6, 6.07) is 1.41. The van der Waals surface area contributed by atoms with Gasteiger partial charge in [0, 0.05) is 13.1 Å². The number of furan rings is 1. The van der Waals surface area contributed by atoms with Gasteiger partial charge >= 0.3 is 5.97 Å². The summed E-state index contributed by atoms with van der Waals surface area (Å²) < 4.78 is 31.6. The number of amides is 1. The van der Waals surface area contributed by atoms with E-state index in [0.29, 0.717) is 19.4 Å². The number of carbonyl (C=O) groups excluding carboxylic acids is 1. The molecule has 2 heterocycles. The molecule has 0 saturated carbocycles. The lowest BCUT2D eigenvalue weighted by Gasteiger charge is -2.22. The molecule has 0 radical (unpaired) electrons. The highest BCUT2D eigenvalue weighted by atomic mass is 32.2. The molecule has 1 aromatic rings. The summed E-state index contributed by atoms with van der Waals surface area (Å²) in [5, 5.41) is 11.3. The van der Waals surface area contributed by atoms with E-state index in [1.54, 1.807) is 0 Å². The SMILES string of the molecule is O=C(O)c1ccc(S(=O)(=O)N2CCCC2C(=O)NCCC2=CCCCC2)o1. The maximum absolute atomic E-state index is 12.8. The van der Waals surface area contributed by atoms with Gasteiger partial charge in [0.15, 0.2) is 0 Å². The topological polar surface area (TPSA) is 117 Å². The first-order valence-corrected chi connectivity index (χ1v) is 10.6. The van der Waals surface area contributed by atoms with E-state index < -0.39 is 32.9 Å². The third kappa shape index (κ3) is 4.41. The van der Waals surface area contributed by atoms with E-state index in [-0.39, 0.29) is 12.5 Å². The molecular weight excluding hydrogens is 372 g/mol. The lowest BCUT2D eigenvalue weighted by molar-refractivity contribution is -0.124. The zero-order chi connectivity index (χ0) is 19.4. The van der Waals surface area contributed by atoms with Crippen LogP contribution in [0.25, 0.3) is 0 Å². The molecule has 0 spiro atoms. The summed E-state index contributed by atoms with van der Waals surface area (Å²) in [5.41, 5.74) is 1.34. The highest BCUT2D eigenvalue weighted by Crippen LogP contribution is 2.27. The van der Waals surface area contributed by atoms with Crippen LogP contribution in [0.15, 0.2) is 33.3 Å². The minimum atomic E-state index is -4.06. The fraction of sp³-hybridized carbons (Fsp3) is 0.556. The van der Waals surface area contributed by atoms with Crippen molar-refractivity contribution in [2.24, 2.45) is 0 Å².